The van der Waals surface area contributed by atoms with Crippen LogP contribution in [0.15, 0.2) is 12.1 Å². The summed E-state index contributed by atoms with van der Waals surface area (Å²) in [4.78, 5) is 1.57. The molecule has 2 heteroatoms. The van der Waals surface area contributed by atoms with Crippen molar-refractivity contribution in [2.45, 2.75) is 72.8 Å². The lowest BCUT2D eigenvalue weighted by molar-refractivity contribution is -0.910. The molecule has 2 nitrogen and oxygen atoms in total. The Balaban J connectivity index is 3.40. The highest BCUT2D eigenvalue weighted by Crippen LogP contribution is 2.39. The van der Waals surface area contributed by atoms with Crippen molar-refractivity contribution in [3.63, 3.8) is 0 Å². The molecule has 0 aliphatic rings. The van der Waals surface area contributed by atoms with Gasteiger partial charge in [0.1, 0.15) is 12.3 Å². The van der Waals surface area contributed by atoms with E-state index in [0.29, 0.717) is 5.75 Å². The van der Waals surface area contributed by atoms with Gasteiger partial charge in [0.05, 0.1) is 13.1 Å². The van der Waals surface area contributed by atoms with Crippen LogP contribution >= 0.6 is 0 Å². The minimum atomic E-state index is -0.0430. The summed E-state index contributed by atoms with van der Waals surface area (Å²) in [6, 6.07) is 4.41. The maximum absolute atomic E-state index is 10.7. The molecule has 0 heterocycles. The number of phenols is 1. The van der Waals surface area contributed by atoms with E-state index in [-0.39, 0.29) is 10.8 Å². The van der Waals surface area contributed by atoms with Crippen molar-refractivity contribution in [2.75, 3.05) is 13.1 Å². The third-order valence-electron chi connectivity index (χ3n) is 4.24. The van der Waals surface area contributed by atoms with Crippen LogP contribution < -0.4 is 4.90 Å². The van der Waals surface area contributed by atoms with Gasteiger partial charge in [-0.1, -0.05) is 41.5 Å². The first-order valence-corrected chi connectivity index (χ1v) is 8.21. The molecular weight excluding hydrogens is 258 g/mol. The number of benzene rings is 1. The van der Waals surface area contributed by atoms with E-state index in [9.17, 15) is 5.11 Å². The lowest BCUT2D eigenvalue weighted by Gasteiger charge is -2.28. The van der Waals surface area contributed by atoms with Crippen molar-refractivity contribution in [2.24, 2.45) is 0 Å². The Kier molecular flexibility index (Phi) is 5.49. The molecule has 0 saturated carbocycles. The molecule has 0 radical (unpaired) electrons. The molecule has 0 bridgehead atoms. The second kappa shape index (κ2) is 6.39. The first-order chi connectivity index (χ1) is 9.50. The predicted molar refractivity (Wildman–Crippen MR) is 91.3 cm³/mol. The third kappa shape index (κ3) is 4.47. The minimum absolute atomic E-state index is 0.0430. The summed E-state index contributed by atoms with van der Waals surface area (Å²) in [7, 11) is 0. The number of nitrogens with one attached hydrogen (secondary N) is 1. The summed E-state index contributed by atoms with van der Waals surface area (Å²) in [6.07, 6.45) is 0. The van der Waals surface area contributed by atoms with Crippen LogP contribution in [0.3, 0.4) is 0 Å². The zero-order valence-corrected chi connectivity index (χ0v) is 15.2. The van der Waals surface area contributed by atoms with Crippen LogP contribution in [0.1, 0.15) is 72.1 Å². The lowest BCUT2D eigenvalue weighted by Crippen LogP contribution is -3.10. The smallest absolute Gasteiger partial charge is 0.123 e. The maximum Gasteiger partial charge on any atom is 0.123 e. The fourth-order valence-corrected chi connectivity index (χ4v) is 2.73. The molecule has 1 aromatic rings. The van der Waals surface area contributed by atoms with Crippen LogP contribution in [0.25, 0.3) is 0 Å². The predicted octanol–water partition coefficient (Wildman–Crippen LogP) is 3.41. The molecular formula is C19H34NO+. The molecule has 120 valence electrons. The van der Waals surface area contributed by atoms with Crippen molar-refractivity contribution in [1.82, 2.24) is 0 Å². The highest BCUT2D eigenvalue weighted by Gasteiger charge is 2.27. The van der Waals surface area contributed by atoms with Crippen LogP contribution in [-0.2, 0) is 17.4 Å². The van der Waals surface area contributed by atoms with E-state index in [4.69, 9.17) is 0 Å². The molecule has 0 saturated heterocycles. The highest BCUT2D eigenvalue weighted by molar-refractivity contribution is 5.49. The Morgan fingerprint density at radius 3 is 1.52 bits per heavy atom. The van der Waals surface area contributed by atoms with Crippen molar-refractivity contribution in [3.05, 3.63) is 28.8 Å². The summed E-state index contributed by atoms with van der Waals surface area (Å²) >= 11 is 0. The van der Waals surface area contributed by atoms with Gasteiger partial charge >= 0.3 is 0 Å². The molecule has 21 heavy (non-hydrogen) atoms. The summed E-state index contributed by atoms with van der Waals surface area (Å²) < 4.78 is 0. The molecule has 0 aromatic heterocycles. The summed E-state index contributed by atoms with van der Waals surface area (Å²) in [5.41, 5.74) is 3.38. The van der Waals surface area contributed by atoms with Crippen molar-refractivity contribution in [3.8, 4) is 5.75 Å². The molecule has 1 rings (SSSR count). The minimum Gasteiger partial charge on any atom is -0.507 e. The quantitative estimate of drug-likeness (QED) is 0.873. The monoisotopic (exact) mass is 292 g/mol. The number of phenolic OH excluding ortho intramolecular Hbond substituents is 1. The van der Waals surface area contributed by atoms with Gasteiger partial charge in [-0.05, 0) is 36.8 Å². The van der Waals surface area contributed by atoms with E-state index in [0.717, 1.165) is 30.8 Å². The summed E-state index contributed by atoms with van der Waals surface area (Å²) in [6.45, 7) is 20.8. The van der Waals surface area contributed by atoms with E-state index in [1.165, 1.54) is 5.56 Å². The van der Waals surface area contributed by atoms with Gasteiger partial charge in [0.2, 0.25) is 0 Å². The van der Waals surface area contributed by atoms with Gasteiger partial charge in [0.15, 0.2) is 0 Å². The third-order valence-corrected chi connectivity index (χ3v) is 4.24. The Labute approximate surface area is 131 Å². The summed E-state index contributed by atoms with van der Waals surface area (Å²) in [5.74, 6) is 0.480. The van der Waals surface area contributed by atoms with E-state index >= 15 is 0 Å². The molecule has 1 aromatic carbocycles. The highest BCUT2D eigenvalue weighted by atomic mass is 16.3. The fraction of sp³-hybridized carbons (Fsp3) is 0.684. The average Bonchev–Trinajstić information content (AvgIpc) is 2.34. The van der Waals surface area contributed by atoms with E-state index < -0.39 is 0 Å². The molecule has 0 aliphatic carbocycles. The van der Waals surface area contributed by atoms with Gasteiger partial charge in [-0.25, -0.2) is 0 Å². The zero-order valence-electron chi connectivity index (χ0n) is 15.2. The number of hydrogen-bond donors (Lipinski definition) is 2. The Hall–Kier alpha value is -1.02. The molecule has 0 amide bonds. The van der Waals surface area contributed by atoms with Gasteiger partial charge in [0, 0.05) is 16.7 Å². The van der Waals surface area contributed by atoms with Crippen LogP contribution in [0.2, 0.25) is 0 Å². The molecule has 0 aliphatic heterocycles. The number of rotatable bonds is 4. The van der Waals surface area contributed by atoms with Crippen LogP contribution in [0.4, 0.5) is 0 Å². The number of hydrogen-bond acceptors (Lipinski definition) is 1. The Bertz CT molecular complexity index is 438. The van der Waals surface area contributed by atoms with Gasteiger partial charge < -0.3 is 10.0 Å². The van der Waals surface area contributed by atoms with Crippen molar-refractivity contribution < 1.29 is 10.0 Å². The van der Waals surface area contributed by atoms with Gasteiger partial charge in [-0.15, -0.1) is 0 Å². The summed E-state index contributed by atoms with van der Waals surface area (Å²) in [5, 5.41) is 10.7. The second-order valence-electron chi connectivity index (χ2n) is 8.17. The first-order valence-electron chi connectivity index (χ1n) is 8.21. The largest absolute Gasteiger partial charge is 0.507 e. The van der Waals surface area contributed by atoms with Gasteiger partial charge in [-0.2, -0.15) is 0 Å². The normalized spacial score (nSPS) is 13.0. The van der Waals surface area contributed by atoms with Crippen LogP contribution in [0, 0.1) is 0 Å². The average molecular weight is 292 g/mol. The molecule has 0 unspecified atom stereocenters. The molecule has 2 N–H and O–H groups in total. The van der Waals surface area contributed by atoms with E-state index in [1.54, 1.807) is 4.90 Å². The molecule has 0 atom stereocenters. The van der Waals surface area contributed by atoms with E-state index in [1.807, 2.05) is 0 Å². The first kappa shape index (κ1) is 18.0. The van der Waals surface area contributed by atoms with Gasteiger partial charge in [0.25, 0.3) is 0 Å². The standard InChI is InChI=1S/C19H33NO/c1-9-20(10-2)13-14-11-15(18(3,4)5)17(21)16(12-14)19(6,7)8/h11-12,21H,9-10,13H2,1-8H3/p+1. The van der Waals surface area contributed by atoms with Crippen molar-refractivity contribution >= 4 is 0 Å². The Morgan fingerprint density at radius 2 is 1.24 bits per heavy atom. The van der Waals surface area contributed by atoms with Crippen molar-refractivity contribution in [1.29, 1.82) is 0 Å². The number of aromatic hydroxyl groups is 1. The topological polar surface area (TPSA) is 24.7 Å². The lowest BCUT2D eigenvalue weighted by atomic mass is 9.78. The SMILES string of the molecule is CC[NH+](CC)Cc1cc(C(C)(C)C)c(O)c(C(C)(C)C)c1. The molecule has 0 fully saturated rings. The fourth-order valence-electron chi connectivity index (χ4n) is 2.73. The van der Waals surface area contributed by atoms with E-state index in [2.05, 4.69) is 67.5 Å². The van der Waals surface area contributed by atoms with Gasteiger partial charge in [-0.3, -0.25) is 0 Å². The molecule has 0 spiro atoms. The Morgan fingerprint density at radius 1 is 0.857 bits per heavy atom. The second-order valence-corrected chi connectivity index (χ2v) is 8.17. The van der Waals surface area contributed by atoms with Crippen LogP contribution in [0.5, 0.6) is 5.75 Å². The maximum atomic E-state index is 10.7. The zero-order chi connectivity index (χ0) is 16.4. The van der Waals surface area contributed by atoms with Crippen LogP contribution in [-0.4, -0.2) is 18.2 Å². The number of quaternary nitrogens is 1.